The standard InChI is InChI=1S/C22H27N/c1-2-22(16-10-5-11-17-22)23(18-20-12-6-3-7-13-20)19-21-14-8-4-9-15-21/h2-4,6-9,12-15H,1,5,10-11,16-19H2. The molecule has 1 saturated carbocycles. The summed E-state index contributed by atoms with van der Waals surface area (Å²) in [6, 6.07) is 21.7. The molecule has 2 aromatic rings. The van der Waals surface area contributed by atoms with Crippen molar-refractivity contribution in [2.24, 2.45) is 0 Å². The maximum atomic E-state index is 4.22. The molecule has 2 aromatic carbocycles. The lowest BCUT2D eigenvalue weighted by atomic mass is 9.79. The summed E-state index contributed by atoms with van der Waals surface area (Å²) in [7, 11) is 0. The minimum atomic E-state index is 0.143. The van der Waals surface area contributed by atoms with Gasteiger partial charge in [0.05, 0.1) is 0 Å². The maximum absolute atomic E-state index is 4.22. The van der Waals surface area contributed by atoms with Crippen molar-refractivity contribution in [1.82, 2.24) is 4.90 Å². The topological polar surface area (TPSA) is 3.24 Å². The van der Waals surface area contributed by atoms with Gasteiger partial charge in [0.2, 0.25) is 0 Å². The summed E-state index contributed by atoms with van der Waals surface area (Å²) in [5.74, 6) is 0. The van der Waals surface area contributed by atoms with E-state index >= 15 is 0 Å². The highest BCUT2D eigenvalue weighted by molar-refractivity contribution is 5.20. The van der Waals surface area contributed by atoms with Gasteiger partial charge in [-0.1, -0.05) is 86.0 Å². The summed E-state index contributed by atoms with van der Waals surface area (Å²) in [5, 5.41) is 0. The Bertz CT molecular complexity index is 555. The molecule has 3 rings (SSSR count). The Morgan fingerprint density at radius 2 is 1.26 bits per heavy atom. The van der Waals surface area contributed by atoms with Gasteiger partial charge in [0, 0.05) is 18.6 Å². The molecule has 23 heavy (non-hydrogen) atoms. The predicted octanol–water partition coefficient (Wildman–Crippen LogP) is 5.58. The highest BCUT2D eigenvalue weighted by Crippen LogP contribution is 2.36. The summed E-state index contributed by atoms with van der Waals surface area (Å²) in [5.41, 5.74) is 2.91. The summed E-state index contributed by atoms with van der Waals surface area (Å²) >= 11 is 0. The van der Waals surface area contributed by atoms with Crippen LogP contribution in [0.5, 0.6) is 0 Å². The Morgan fingerprint density at radius 3 is 1.70 bits per heavy atom. The van der Waals surface area contributed by atoms with Crippen molar-refractivity contribution in [2.75, 3.05) is 0 Å². The second kappa shape index (κ2) is 7.61. The minimum Gasteiger partial charge on any atom is -0.286 e. The fraction of sp³-hybridized carbons (Fsp3) is 0.364. The van der Waals surface area contributed by atoms with E-state index in [4.69, 9.17) is 0 Å². The van der Waals surface area contributed by atoms with Gasteiger partial charge in [-0.25, -0.2) is 0 Å². The molecule has 0 atom stereocenters. The predicted molar refractivity (Wildman–Crippen MR) is 98.1 cm³/mol. The Kier molecular flexibility index (Phi) is 5.30. The van der Waals surface area contributed by atoms with Crippen molar-refractivity contribution in [3.63, 3.8) is 0 Å². The monoisotopic (exact) mass is 305 g/mol. The van der Waals surface area contributed by atoms with Crippen LogP contribution in [0.2, 0.25) is 0 Å². The van der Waals surface area contributed by atoms with Crippen LogP contribution in [0.25, 0.3) is 0 Å². The summed E-state index contributed by atoms with van der Waals surface area (Å²) < 4.78 is 0. The first-order valence-corrected chi connectivity index (χ1v) is 8.79. The van der Waals surface area contributed by atoms with Crippen LogP contribution >= 0.6 is 0 Å². The van der Waals surface area contributed by atoms with Crippen molar-refractivity contribution in [3.8, 4) is 0 Å². The van der Waals surface area contributed by atoms with Gasteiger partial charge in [-0.05, 0) is 24.0 Å². The van der Waals surface area contributed by atoms with E-state index < -0.39 is 0 Å². The normalized spacial score (nSPS) is 17.1. The largest absolute Gasteiger partial charge is 0.286 e. The first-order chi connectivity index (χ1) is 11.3. The van der Waals surface area contributed by atoms with Gasteiger partial charge < -0.3 is 0 Å². The van der Waals surface area contributed by atoms with Crippen molar-refractivity contribution in [1.29, 1.82) is 0 Å². The minimum absolute atomic E-state index is 0.143. The first-order valence-electron chi connectivity index (χ1n) is 8.79. The van der Waals surface area contributed by atoms with Crippen LogP contribution in [0, 0.1) is 0 Å². The second-order valence-corrected chi connectivity index (χ2v) is 6.70. The zero-order valence-corrected chi connectivity index (χ0v) is 14.0. The smallest absolute Gasteiger partial charge is 0.0395 e. The van der Waals surface area contributed by atoms with Gasteiger partial charge >= 0.3 is 0 Å². The van der Waals surface area contributed by atoms with E-state index in [-0.39, 0.29) is 5.54 Å². The molecule has 1 fully saturated rings. The quantitative estimate of drug-likeness (QED) is 0.630. The molecular weight excluding hydrogens is 278 g/mol. The van der Waals surface area contributed by atoms with E-state index in [0.29, 0.717) is 0 Å². The molecule has 0 bridgehead atoms. The maximum Gasteiger partial charge on any atom is 0.0395 e. The van der Waals surface area contributed by atoms with Crippen LogP contribution in [0.1, 0.15) is 43.2 Å². The molecular formula is C22H27N. The fourth-order valence-corrected chi connectivity index (χ4v) is 3.79. The third-order valence-corrected chi connectivity index (χ3v) is 5.16. The van der Waals surface area contributed by atoms with Gasteiger partial charge in [0.15, 0.2) is 0 Å². The second-order valence-electron chi connectivity index (χ2n) is 6.70. The zero-order chi connectivity index (χ0) is 16.0. The number of hydrogen-bond donors (Lipinski definition) is 0. The van der Waals surface area contributed by atoms with Crippen LogP contribution < -0.4 is 0 Å². The van der Waals surface area contributed by atoms with Crippen LogP contribution in [-0.4, -0.2) is 10.4 Å². The number of nitrogens with zero attached hydrogens (tertiary/aromatic N) is 1. The fourth-order valence-electron chi connectivity index (χ4n) is 3.79. The Hall–Kier alpha value is -1.86. The van der Waals surface area contributed by atoms with Gasteiger partial charge in [-0.3, -0.25) is 4.90 Å². The lowest BCUT2D eigenvalue weighted by molar-refractivity contribution is 0.0757. The van der Waals surface area contributed by atoms with E-state index in [9.17, 15) is 0 Å². The van der Waals surface area contributed by atoms with Gasteiger partial charge in [0.25, 0.3) is 0 Å². The molecule has 0 unspecified atom stereocenters. The summed E-state index contributed by atoms with van der Waals surface area (Å²) in [4.78, 5) is 2.64. The molecule has 0 heterocycles. The SMILES string of the molecule is C=CC1(N(Cc2ccccc2)Cc2ccccc2)CCCCC1. The average Bonchev–Trinajstić information content (AvgIpc) is 2.63. The van der Waals surface area contributed by atoms with Crippen molar-refractivity contribution >= 4 is 0 Å². The highest BCUT2D eigenvalue weighted by atomic mass is 15.2. The van der Waals surface area contributed by atoms with E-state index in [1.165, 1.54) is 43.2 Å². The highest BCUT2D eigenvalue weighted by Gasteiger charge is 2.35. The van der Waals surface area contributed by atoms with Crippen molar-refractivity contribution < 1.29 is 0 Å². The Labute approximate surface area is 140 Å². The lowest BCUT2D eigenvalue weighted by Gasteiger charge is -2.45. The van der Waals surface area contributed by atoms with Gasteiger partial charge in [-0.15, -0.1) is 6.58 Å². The molecule has 1 aliphatic rings. The molecule has 120 valence electrons. The number of benzene rings is 2. The molecule has 0 spiro atoms. The molecule has 1 heteroatoms. The van der Waals surface area contributed by atoms with Crippen molar-refractivity contribution in [3.05, 3.63) is 84.4 Å². The molecule has 0 radical (unpaired) electrons. The van der Waals surface area contributed by atoms with E-state index in [1.807, 2.05) is 0 Å². The van der Waals surface area contributed by atoms with Crippen LogP contribution in [0.3, 0.4) is 0 Å². The third-order valence-electron chi connectivity index (χ3n) is 5.16. The zero-order valence-electron chi connectivity index (χ0n) is 14.0. The first kappa shape index (κ1) is 16.0. The molecule has 0 amide bonds. The molecule has 0 aromatic heterocycles. The van der Waals surface area contributed by atoms with Gasteiger partial charge in [-0.2, -0.15) is 0 Å². The summed E-state index contributed by atoms with van der Waals surface area (Å²) in [6.45, 7) is 6.19. The van der Waals surface area contributed by atoms with E-state index in [1.54, 1.807) is 0 Å². The molecule has 1 aliphatic carbocycles. The molecule has 0 saturated heterocycles. The number of rotatable bonds is 6. The van der Waals surface area contributed by atoms with Gasteiger partial charge in [0.1, 0.15) is 0 Å². The van der Waals surface area contributed by atoms with Crippen LogP contribution in [-0.2, 0) is 13.1 Å². The Balaban J connectivity index is 1.87. The van der Waals surface area contributed by atoms with Crippen LogP contribution in [0.4, 0.5) is 0 Å². The third kappa shape index (κ3) is 3.92. The average molecular weight is 305 g/mol. The molecule has 1 nitrogen and oxygen atoms in total. The van der Waals surface area contributed by atoms with Crippen LogP contribution in [0.15, 0.2) is 73.3 Å². The van der Waals surface area contributed by atoms with E-state index in [2.05, 4.69) is 78.2 Å². The number of hydrogen-bond acceptors (Lipinski definition) is 1. The van der Waals surface area contributed by atoms with E-state index in [0.717, 1.165) is 13.1 Å². The van der Waals surface area contributed by atoms with Crippen molar-refractivity contribution in [2.45, 2.75) is 50.7 Å². The molecule has 0 N–H and O–H groups in total. The summed E-state index contributed by atoms with van der Waals surface area (Å²) in [6.07, 6.45) is 8.67. The lowest BCUT2D eigenvalue weighted by Crippen LogP contribution is -2.47. The Morgan fingerprint density at radius 1 is 0.783 bits per heavy atom. The molecule has 0 aliphatic heterocycles.